The molecule has 2 fully saturated rings. The van der Waals surface area contributed by atoms with Crippen molar-refractivity contribution in [3.05, 3.63) is 0 Å². The Labute approximate surface area is 134 Å². The SMILES string of the molecule is C[C@H]1C[C@@H](CC(=O)N2CCCN(C(N)=O)CC2)CC(C)(C)C1. The predicted octanol–water partition coefficient (Wildman–Crippen LogP) is 2.45. The molecule has 5 nitrogen and oxygen atoms in total. The van der Waals surface area contributed by atoms with Gasteiger partial charge in [0.15, 0.2) is 0 Å². The van der Waals surface area contributed by atoms with Crippen molar-refractivity contribution in [1.29, 1.82) is 0 Å². The first-order chi connectivity index (χ1) is 10.3. The van der Waals surface area contributed by atoms with Gasteiger partial charge in [-0.05, 0) is 42.9 Å². The zero-order valence-corrected chi connectivity index (χ0v) is 14.3. The van der Waals surface area contributed by atoms with Gasteiger partial charge in [-0.25, -0.2) is 4.79 Å². The van der Waals surface area contributed by atoms with E-state index in [1.54, 1.807) is 4.90 Å². The maximum atomic E-state index is 12.6. The van der Waals surface area contributed by atoms with E-state index in [-0.39, 0.29) is 11.9 Å². The van der Waals surface area contributed by atoms with Crippen molar-refractivity contribution in [2.75, 3.05) is 26.2 Å². The minimum atomic E-state index is -0.378. The minimum Gasteiger partial charge on any atom is -0.351 e. The Balaban J connectivity index is 1.88. The van der Waals surface area contributed by atoms with E-state index in [1.807, 2.05) is 4.90 Å². The lowest BCUT2D eigenvalue weighted by atomic mass is 9.67. The molecular formula is C17H31N3O2. The molecule has 2 aliphatic rings. The maximum Gasteiger partial charge on any atom is 0.314 e. The normalized spacial score (nSPS) is 29.0. The number of amides is 3. The third-order valence-corrected chi connectivity index (χ3v) is 5.10. The molecule has 5 heteroatoms. The van der Waals surface area contributed by atoms with Crippen molar-refractivity contribution in [3.63, 3.8) is 0 Å². The molecule has 22 heavy (non-hydrogen) atoms. The second kappa shape index (κ2) is 6.88. The van der Waals surface area contributed by atoms with E-state index in [0.717, 1.165) is 25.8 Å². The first kappa shape index (κ1) is 17.1. The molecule has 0 aromatic rings. The summed E-state index contributed by atoms with van der Waals surface area (Å²) in [5.74, 6) is 1.46. The van der Waals surface area contributed by atoms with Gasteiger partial charge in [0.25, 0.3) is 0 Å². The van der Waals surface area contributed by atoms with E-state index in [0.29, 0.717) is 43.3 Å². The summed E-state index contributed by atoms with van der Waals surface area (Å²) in [4.78, 5) is 27.4. The van der Waals surface area contributed by atoms with Gasteiger partial charge in [-0.1, -0.05) is 20.8 Å². The fourth-order valence-electron chi connectivity index (χ4n) is 4.46. The first-order valence-electron chi connectivity index (χ1n) is 8.59. The van der Waals surface area contributed by atoms with Crippen LogP contribution >= 0.6 is 0 Å². The van der Waals surface area contributed by atoms with Crippen molar-refractivity contribution in [2.24, 2.45) is 23.0 Å². The van der Waals surface area contributed by atoms with Gasteiger partial charge in [-0.2, -0.15) is 0 Å². The van der Waals surface area contributed by atoms with E-state index in [4.69, 9.17) is 5.73 Å². The third-order valence-electron chi connectivity index (χ3n) is 5.10. The molecule has 2 rings (SSSR count). The highest BCUT2D eigenvalue weighted by atomic mass is 16.2. The summed E-state index contributed by atoms with van der Waals surface area (Å²) in [5, 5.41) is 0. The van der Waals surface area contributed by atoms with E-state index in [2.05, 4.69) is 20.8 Å². The summed E-state index contributed by atoms with van der Waals surface area (Å²) in [7, 11) is 0. The molecule has 0 bridgehead atoms. The molecule has 126 valence electrons. The van der Waals surface area contributed by atoms with E-state index < -0.39 is 0 Å². The standard InChI is InChI=1S/C17H31N3O2/c1-13-9-14(12-17(2,3)11-13)10-15(21)19-5-4-6-20(8-7-19)16(18)22/h13-14H,4-12H2,1-3H3,(H2,18,22)/t13-,14-/m0/s1. The van der Waals surface area contributed by atoms with Gasteiger partial charge in [-0.15, -0.1) is 0 Å². The van der Waals surface area contributed by atoms with E-state index >= 15 is 0 Å². The predicted molar refractivity (Wildman–Crippen MR) is 87.3 cm³/mol. The van der Waals surface area contributed by atoms with Crippen LogP contribution in [0, 0.1) is 17.3 Å². The lowest BCUT2D eigenvalue weighted by molar-refractivity contribution is -0.132. The second-order valence-corrected chi connectivity index (χ2v) is 8.04. The molecule has 1 aliphatic heterocycles. The summed E-state index contributed by atoms with van der Waals surface area (Å²) in [5.41, 5.74) is 5.69. The molecule has 1 aliphatic carbocycles. The van der Waals surface area contributed by atoms with Crippen LogP contribution in [0.25, 0.3) is 0 Å². The van der Waals surface area contributed by atoms with E-state index in [1.165, 1.54) is 6.42 Å². The molecule has 1 saturated heterocycles. The molecule has 0 unspecified atom stereocenters. The molecule has 0 spiro atoms. The lowest BCUT2D eigenvalue weighted by Gasteiger charge is -2.39. The van der Waals surface area contributed by atoms with Gasteiger partial charge in [0.2, 0.25) is 5.91 Å². The van der Waals surface area contributed by atoms with Gasteiger partial charge in [0.1, 0.15) is 0 Å². The summed E-state index contributed by atoms with van der Waals surface area (Å²) >= 11 is 0. The van der Waals surface area contributed by atoms with E-state index in [9.17, 15) is 9.59 Å². The van der Waals surface area contributed by atoms with Crippen LogP contribution in [0.4, 0.5) is 4.79 Å². The average Bonchev–Trinajstić information content (AvgIpc) is 2.61. The average molecular weight is 309 g/mol. The minimum absolute atomic E-state index is 0.251. The van der Waals surface area contributed by atoms with Crippen LogP contribution in [0.3, 0.4) is 0 Å². The second-order valence-electron chi connectivity index (χ2n) is 8.04. The highest BCUT2D eigenvalue weighted by Gasteiger charge is 2.33. The summed E-state index contributed by atoms with van der Waals surface area (Å²) < 4.78 is 0. The summed E-state index contributed by atoms with van der Waals surface area (Å²) in [6, 6.07) is -0.378. The van der Waals surface area contributed by atoms with Crippen molar-refractivity contribution < 1.29 is 9.59 Å². The van der Waals surface area contributed by atoms with Gasteiger partial charge in [-0.3, -0.25) is 4.79 Å². The molecular weight excluding hydrogens is 278 g/mol. The Hall–Kier alpha value is -1.26. The Bertz CT molecular complexity index is 422. The Morgan fingerprint density at radius 3 is 2.36 bits per heavy atom. The van der Waals surface area contributed by atoms with Gasteiger partial charge >= 0.3 is 6.03 Å². The number of carbonyl (C=O) groups excluding carboxylic acids is 2. The number of nitrogens with two attached hydrogens (primary N) is 1. The number of rotatable bonds is 2. The van der Waals surface area contributed by atoms with Gasteiger partial charge in [0, 0.05) is 32.6 Å². The van der Waals surface area contributed by atoms with Crippen LogP contribution in [0.1, 0.15) is 52.9 Å². The van der Waals surface area contributed by atoms with Crippen LogP contribution in [0.2, 0.25) is 0 Å². The van der Waals surface area contributed by atoms with Gasteiger partial charge in [0.05, 0.1) is 0 Å². The zero-order valence-electron chi connectivity index (χ0n) is 14.3. The number of hydrogen-bond donors (Lipinski definition) is 1. The lowest BCUT2D eigenvalue weighted by Crippen LogP contribution is -2.40. The summed E-state index contributed by atoms with van der Waals surface area (Å²) in [6.07, 6.45) is 5.04. The number of urea groups is 1. The van der Waals surface area contributed by atoms with Crippen LogP contribution < -0.4 is 5.73 Å². The van der Waals surface area contributed by atoms with Crippen molar-refractivity contribution in [3.8, 4) is 0 Å². The van der Waals surface area contributed by atoms with Crippen LogP contribution in [-0.4, -0.2) is 47.9 Å². The van der Waals surface area contributed by atoms with Crippen LogP contribution in [-0.2, 0) is 4.79 Å². The number of nitrogens with zero attached hydrogens (tertiary/aromatic N) is 2. The fourth-order valence-corrected chi connectivity index (χ4v) is 4.46. The molecule has 2 N–H and O–H groups in total. The maximum absolute atomic E-state index is 12.6. The highest BCUT2D eigenvalue weighted by Crippen LogP contribution is 2.42. The van der Waals surface area contributed by atoms with Gasteiger partial charge < -0.3 is 15.5 Å². The largest absolute Gasteiger partial charge is 0.351 e. The Morgan fingerprint density at radius 2 is 1.73 bits per heavy atom. The molecule has 0 radical (unpaired) electrons. The molecule has 0 aromatic carbocycles. The first-order valence-corrected chi connectivity index (χ1v) is 8.59. The molecule has 1 heterocycles. The third kappa shape index (κ3) is 4.62. The molecule has 1 saturated carbocycles. The smallest absolute Gasteiger partial charge is 0.314 e. The summed E-state index contributed by atoms with van der Waals surface area (Å²) in [6.45, 7) is 9.52. The van der Waals surface area contributed by atoms with Crippen molar-refractivity contribution in [1.82, 2.24) is 9.80 Å². The number of primary amides is 1. The molecule has 3 amide bonds. The van der Waals surface area contributed by atoms with Crippen LogP contribution in [0.5, 0.6) is 0 Å². The van der Waals surface area contributed by atoms with Crippen molar-refractivity contribution >= 4 is 11.9 Å². The van der Waals surface area contributed by atoms with Crippen molar-refractivity contribution in [2.45, 2.75) is 52.9 Å². The number of carbonyl (C=O) groups is 2. The van der Waals surface area contributed by atoms with Crippen LogP contribution in [0.15, 0.2) is 0 Å². The number of hydrogen-bond acceptors (Lipinski definition) is 2. The molecule has 2 atom stereocenters. The fraction of sp³-hybridized carbons (Fsp3) is 0.882. The topological polar surface area (TPSA) is 66.6 Å². The quantitative estimate of drug-likeness (QED) is 0.851. The highest BCUT2D eigenvalue weighted by molar-refractivity contribution is 5.77. The monoisotopic (exact) mass is 309 g/mol. The molecule has 0 aromatic heterocycles. The Morgan fingerprint density at radius 1 is 1.09 bits per heavy atom. The zero-order chi connectivity index (χ0) is 16.3. The Kier molecular flexibility index (Phi) is 5.35.